The summed E-state index contributed by atoms with van der Waals surface area (Å²) in [5.41, 5.74) is 1.30. The Morgan fingerprint density at radius 2 is 1.68 bits per heavy atom. The van der Waals surface area contributed by atoms with E-state index in [2.05, 4.69) is 6.08 Å². The summed E-state index contributed by atoms with van der Waals surface area (Å²) in [6, 6.07) is 0. The highest BCUT2D eigenvalue weighted by Crippen LogP contribution is 2.23. The highest BCUT2D eigenvalue weighted by molar-refractivity contribution is 5.75. The van der Waals surface area contributed by atoms with Gasteiger partial charge in [-0.1, -0.05) is 50.2 Å². The van der Waals surface area contributed by atoms with Crippen LogP contribution in [0, 0.1) is 5.92 Å². The van der Waals surface area contributed by atoms with Crippen LogP contribution in [0.25, 0.3) is 0 Å². The first kappa shape index (κ1) is 16.3. The van der Waals surface area contributed by atoms with Gasteiger partial charge in [-0.2, -0.15) is 0 Å². The first-order valence-corrected chi connectivity index (χ1v) is 8.11. The van der Waals surface area contributed by atoms with E-state index in [1.165, 1.54) is 56.9 Å². The Morgan fingerprint density at radius 3 is 2.32 bits per heavy atom. The molecule has 2 heteroatoms. The van der Waals surface area contributed by atoms with Gasteiger partial charge < -0.3 is 4.74 Å². The molecular weight excluding hydrogens is 236 g/mol. The van der Waals surface area contributed by atoms with Crippen molar-refractivity contribution in [3.8, 4) is 0 Å². The van der Waals surface area contributed by atoms with E-state index < -0.39 is 0 Å². The largest absolute Gasteiger partial charge is 0.466 e. The number of hydrogen-bond acceptors (Lipinski definition) is 2. The van der Waals surface area contributed by atoms with Gasteiger partial charge in [0.1, 0.15) is 0 Å². The molecular formula is C17H30O2. The minimum Gasteiger partial charge on any atom is -0.466 e. The van der Waals surface area contributed by atoms with Crippen LogP contribution in [-0.2, 0) is 9.53 Å². The van der Waals surface area contributed by atoms with Gasteiger partial charge in [0, 0.05) is 0 Å². The van der Waals surface area contributed by atoms with Gasteiger partial charge in [-0.3, -0.25) is 4.79 Å². The summed E-state index contributed by atoms with van der Waals surface area (Å²) in [6.45, 7) is 4.35. The maximum atomic E-state index is 11.9. The number of hydrogen-bond donors (Lipinski definition) is 0. The standard InChI is InChI=1S/C17H30O2/c1-3-19-17(18)15(2)16-13-11-9-7-5-4-6-8-10-12-14-16/h13,15H,3-12,14H2,1-2H3/b16-13+. The minimum absolute atomic E-state index is 0.0529. The van der Waals surface area contributed by atoms with Crippen molar-refractivity contribution >= 4 is 5.97 Å². The molecule has 110 valence electrons. The molecule has 0 heterocycles. The second-order valence-corrected chi connectivity index (χ2v) is 5.62. The lowest BCUT2D eigenvalue weighted by atomic mass is 9.93. The Bertz CT molecular complexity index is 281. The first-order valence-electron chi connectivity index (χ1n) is 8.11. The lowest BCUT2D eigenvalue weighted by Crippen LogP contribution is -2.17. The average Bonchev–Trinajstić information content (AvgIpc) is 2.39. The molecule has 0 spiro atoms. The number of carbonyl (C=O) groups is 1. The predicted octanol–water partition coefficient (Wildman–Crippen LogP) is 5.03. The lowest BCUT2D eigenvalue weighted by Gasteiger charge is -2.16. The van der Waals surface area contributed by atoms with Gasteiger partial charge in [0.15, 0.2) is 0 Å². The normalized spacial score (nSPS) is 23.4. The van der Waals surface area contributed by atoms with Gasteiger partial charge in [0.25, 0.3) is 0 Å². The molecule has 0 aliphatic heterocycles. The maximum Gasteiger partial charge on any atom is 0.312 e. The van der Waals surface area contributed by atoms with E-state index in [-0.39, 0.29) is 11.9 Å². The van der Waals surface area contributed by atoms with Gasteiger partial charge in [-0.25, -0.2) is 0 Å². The Labute approximate surface area is 118 Å². The smallest absolute Gasteiger partial charge is 0.312 e. The molecule has 1 atom stereocenters. The molecule has 0 aromatic rings. The molecule has 19 heavy (non-hydrogen) atoms. The van der Waals surface area contributed by atoms with Gasteiger partial charge in [-0.15, -0.1) is 0 Å². The fourth-order valence-electron chi connectivity index (χ4n) is 2.74. The van der Waals surface area contributed by atoms with E-state index in [4.69, 9.17) is 4.74 Å². The molecule has 1 rings (SSSR count). The topological polar surface area (TPSA) is 26.3 Å². The Morgan fingerprint density at radius 1 is 1.11 bits per heavy atom. The van der Waals surface area contributed by atoms with Crippen LogP contribution in [0.5, 0.6) is 0 Å². The van der Waals surface area contributed by atoms with Crippen molar-refractivity contribution in [3.63, 3.8) is 0 Å². The van der Waals surface area contributed by atoms with E-state index in [0.29, 0.717) is 6.61 Å². The van der Waals surface area contributed by atoms with Gasteiger partial charge in [-0.05, 0) is 39.5 Å². The molecule has 1 aliphatic rings. The molecule has 0 amide bonds. The molecule has 0 radical (unpaired) electrons. The van der Waals surface area contributed by atoms with Crippen molar-refractivity contribution in [2.45, 2.75) is 78.1 Å². The van der Waals surface area contributed by atoms with E-state index >= 15 is 0 Å². The SMILES string of the molecule is CCOC(=O)C(C)/C1=C/CCCCCCCCCC1. The Kier molecular flexibility index (Phi) is 8.61. The molecule has 1 aliphatic carbocycles. The molecule has 2 nitrogen and oxygen atoms in total. The average molecular weight is 266 g/mol. The number of ether oxygens (including phenoxy) is 1. The van der Waals surface area contributed by atoms with Crippen LogP contribution in [0.15, 0.2) is 11.6 Å². The minimum atomic E-state index is -0.0548. The third-order valence-corrected chi connectivity index (χ3v) is 4.02. The number of allylic oxidation sites excluding steroid dienone is 1. The van der Waals surface area contributed by atoms with Crippen LogP contribution >= 0.6 is 0 Å². The Hall–Kier alpha value is -0.790. The van der Waals surface area contributed by atoms with Crippen LogP contribution in [-0.4, -0.2) is 12.6 Å². The zero-order chi connectivity index (χ0) is 13.9. The monoisotopic (exact) mass is 266 g/mol. The number of esters is 1. The summed E-state index contributed by atoms with van der Waals surface area (Å²) in [6.07, 6.45) is 15.1. The summed E-state index contributed by atoms with van der Waals surface area (Å²) in [5, 5.41) is 0. The van der Waals surface area contributed by atoms with Crippen molar-refractivity contribution in [1.29, 1.82) is 0 Å². The molecule has 0 bridgehead atoms. The fourth-order valence-corrected chi connectivity index (χ4v) is 2.74. The zero-order valence-electron chi connectivity index (χ0n) is 12.7. The van der Waals surface area contributed by atoms with E-state index in [9.17, 15) is 4.79 Å². The molecule has 1 unspecified atom stereocenters. The van der Waals surface area contributed by atoms with Crippen molar-refractivity contribution in [3.05, 3.63) is 11.6 Å². The lowest BCUT2D eigenvalue weighted by molar-refractivity contribution is -0.146. The summed E-state index contributed by atoms with van der Waals surface area (Å²) in [5.74, 6) is -0.108. The van der Waals surface area contributed by atoms with Gasteiger partial charge in [0.05, 0.1) is 12.5 Å². The quantitative estimate of drug-likeness (QED) is 0.529. The summed E-state index contributed by atoms with van der Waals surface area (Å²) < 4.78 is 5.15. The second-order valence-electron chi connectivity index (χ2n) is 5.62. The summed E-state index contributed by atoms with van der Waals surface area (Å²) >= 11 is 0. The molecule has 0 saturated heterocycles. The van der Waals surface area contributed by atoms with Crippen molar-refractivity contribution < 1.29 is 9.53 Å². The third kappa shape index (κ3) is 6.79. The first-order chi connectivity index (χ1) is 9.25. The Balaban J connectivity index is 2.55. The maximum absolute atomic E-state index is 11.9. The van der Waals surface area contributed by atoms with E-state index in [0.717, 1.165) is 12.8 Å². The number of carbonyl (C=O) groups excluding carboxylic acids is 1. The van der Waals surface area contributed by atoms with Crippen LogP contribution in [0.2, 0.25) is 0 Å². The van der Waals surface area contributed by atoms with Crippen molar-refractivity contribution in [1.82, 2.24) is 0 Å². The van der Waals surface area contributed by atoms with E-state index in [1.807, 2.05) is 13.8 Å². The van der Waals surface area contributed by atoms with Crippen LogP contribution in [0.1, 0.15) is 78.1 Å². The molecule has 0 N–H and O–H groups in total. The van der Waals surface area contributed by atoms with Crippen LogP contribution < -0.4 is 0 Å². The highest BCUT2D eigenvalue weighted by Gasteiger charge is 2.18. The van der Waals surface area contributed by atoms with Crippen molar-refractivity contribution in [2.24, 2.45) is 5.92 Å². The van der Waals surface area contributed by atoms with Crippen LogP contribution in [0.4, 0.5) is 0 Å². The third-order valence-electron chi connectivity index (χ3n) is 4.02. The van der Waals surface area contributed by atoms with Crippen molar-refractivity contribution in [2.75, 3.05) is 6.61 Å². The number of rotatable bonds is 3. The fraction of sp³-hybridized carbons (Fsp3) is 0.824. The zero-order valence-corrected chi connectivity index (χ0v) is 12.7. The predicted molar refractivity (Wildman–Crippen MR) is 80.1 cm³/mol. The van der Waals surface area contributed by atoms with Gasteiger partial charge >= 0.3 is 5.97 Å². The molecule has 0 aromatic heterocycles. The highest BCUT2D eigenvalue weighted by atomic mass is 16.5. The second kappa shape index (κ2) is 10.1. The van der Waals surface area contributed by atoms with E-state index in [1.54, 1.807) is 0 Å². The summed E-state index contributed by atoms with van der Waals surface area (Å²) in [7, 11) is 0. The molecule has 0 aromatic carbocycles. The van der Waals surface area contributed by atoms with Gasteiger partial charge in [0.2, 0.25) is 0 Å². The molecule has 0 fully saturated rings. The van der Waals surface area contributed by atoms with Crippen LogP contribution in [0.3, 0.4) is 0 Å². The molecule has 0 saturated carbocycles. The summed E-state index contributed by atoms with van der Waals surface area (Å²) in [4.78, 5) is 11.9.